The Balaban J connectivity index is 1.41. The van der Waals surface area contributed by atoms with Crippen LogP contribution in [0.3, 0.4) is 0 Å². The topological polar surface area (TPSA) is 57.6 Å². The van der Waals surface area contributed by atoms with Crippen molar-refractivity contribution in [3.63, 3.8) is 0 Å². The summed E-state index contributed by atoms with van der Waals surface area (Å²) in [6.07, 6.45) is 5.55. The second kappa shape index (κ2) is 11.3. The molecule has 0 saturated carbocycles. The average molecular weight is 504 g/mol. The molecule has 1 unspecified atom stereocenters. The molecule has 176 valence electrons. The maximum absolute atomic E-state index is 13.0. The van der Waals surface area contributed by atoms with Gasteiger partial charge >= 0.3 is 5.97 Å². The summed E-state index contributed by atoms with van der Waals surface area (Å²) in [6.45, 7) is 0.446. The molecule has 1 saturated heterocycles. The highest BCUT2D eigenvalue weighted by Crippen LogP contribution is 2.33. The van der Waals surface area contributed by atoms with Crippen LogP contribution < -0.4 is 0 Å². The Morgan fingerprint density at radius 2 is 1.66 bits per heavy atom. The molecule has 1 aliphatic rings. The molecule has 1 heterocycles. The summed E-state index contributed by atoms with van der Waals surface area (Å²) >= 11 is 6.91. The van der Waals surface area contributed by atoms with Gasteiger partial charge in [0.05, 0.1) is 6.54 Å². The van der Waals surface area contributed by atoms with E-state index in [0.717, 1.165) is 21.6 Å². The van der Waals surface area contributed by atoms with Crippen LogP contribution >= 0.6 is 24.0 Å². The predicted molar refractivity (Wildman–Crippen MR) is 143 cm³/mol. The van der Waals surface area contributed by atoms with Gasteiger partial charge in [-0.1, -0.05) is 84.7 Å². The summed E-state index contributed by atoms with van der Waals surface area (Å²) < 4.78 is 13.6. The molecule has 1 atom stereocenters. The van der Waals surface area contributed by atoms with E-state index in [1.165, 1.54) is 42.1 Å². The van der Waals surface area contributed by atoms with E-state index >= 15 is 0 Å². The molecule has 4 nitrogen and oxygen atoms in total. The number of rotatable bonds is 8. The lowest BCUT2D eigenvalue weighted by atomic mass is 10.0. The highest BCUT2D eigenvalue weighted by Gasteiger charge is 2.33. The zero-order chi connectivity index (χ0) is 24.8. The highest BCUT2D eigenvalue weighted by atomic mass is 32.2. The van der Waals surface area contributed by atoms with E-state index in [9.17, 15) is 19.1 Å². The Bertz CT molecular complexity index is 1290. The van der Waals surface area contributed by atoms with Crippen molar-refractivity contribution in [1.29, 1.82) is 0 Å². The minimum absolute atomic E-state index is 0.198. The number of carboxylic acids is 1. The SMILES string of the molecule is O=C(/C=C/c1ccc(C=C2CN(C(Cc3ccccc3)C(=O)O)C(=S)S2)cc1)c1ccc(F)cc1. The number of halogens is 1. The first-order valence-electron chi connectivity index (χ1n) is 10.9. The number of carbonyl (C=O) groups excluding carboxylic acids is 1. The number of benzene rings is 3. The number of allylic oxidation sites excluding steroid dienone is 1. The molecule has 0 aliphatic carbocycles. The van der Waals surface area contributed by atoms with Gasteiger partial charge in [0.25, 0.3) is 0 Å². The Morgan fingerprint density at radius 1 is 1.00 bits per heavy atom. The minimum atomic E-state index is -0.899. The van der Waals surface area contributed by atoms with Crippen LogP contribution in [0.2, 0.25) is 0 Å². The van der Waals surface area contributed by atoms with Gasteiger partial charge in [-0.15, -0.1) is 0 Å². The van der Waals surface area contributed by atoms with Gasteiger partial charge in [-0.2, -0.15) is 0 Å². The molecule has 1 N–H and O–H groups in total. The standard InChI is InChI=1S/C28H22FNO3S2/c29-23-13-11-22(12-14-23)26(31)15-10-19-6-8-21(9-7-19)16-24-18-30(28(34)35-24)25(27(32)33)17-20-4-2-1-3-5-20/h1-16,25H,17-18H2,(H,32,33)/b15-10+,24-16?. The first-order valence-corrected chi connectivity index (χ1v) is 12.2. The second-order valence-corrected chi connectivity index (χ2v) is 9.78. The number of hydrogen-bond donors (Lipinski definition) is 1. The quantitative estimate of drug-likeness (QED) is 0.228. The summed E-state index contributed by atoms with van der Waals surface area (Å²) in [5, 5.41) is 9.82. The largest absolute Gasteiger partial charge is 0.480 e. The summed E-state index contributed by atoms with van der Waals surface area (Å²) in [6, 6.07) is 21.9. The Labute approximate surface area is 212 Å². The molecule has 7 heteroatoms. The van der Waals surface area contributed by atoms with Crippen molar-refractivity contribution in [2.24, 2.45) is 0 Å². The van der Waals surface area contributed by atoms with Crippen LogP contribution in [0.15, 0.2) is 89.8 Å². The van der Waals surface area contributed by atoms with Gasteiger partial charge in [-0.3, -0.25) is 4.79 Å². The smallest absolute Gasteiger partial charge is 0.326 e. The number of carboxylic acid groups (broad SMARTS) is 1. The van der Waals surface area contributed by atoms with Gasteiger partial charge in [0.2, 0.25) is 0 Å². The normalized spacial score (nSPS) is 15.6. The van der Waals surface area contributed by atoms with Crippen molar-refractivity contribution in [3.05, 3.63) is 118 Å². The molecule has 4 rings (SSSR count). The number of nitrogens with zero attached hydrogens (tertiary/aromatic N) is 1. The van der Waals surface area contributed by atoms with Crippen LogP contribution in [0.4, 0.5) is 4.39 Å². The lowest BCUT2D eigenvalue weighted by molar-refractivity contribution is -0.141. The third-order valence-electron chi connectivity index (χ3n) is 5.53. The average Bonchev–Trinajstić information content (AvgIpc) is 3.22. The molecule has 0 bridgehead atoms. The van der Waals surface area contributed by atoms with E-state index in [0.29, 0.717) is 22.8 Å². The van der Waals surface area contributed by atoms with Gasteiger partial charge in [0.15, 0.2) is 5.78 Å². The molecule has 1 aliphatic heterocycles. The fourth-order valence-electron chi connectivity index (χ4n) is 3.69. The molecule has 3 aromatic rings. The van der Waals surface area contributed by atoms with E-state index in [4.69, 9.17) is 12.2 Å². The lowest BCUT2D eigenvalue weighted by Gasteiger charge is -2.25. The summed E-state index contributed by atoms with van der Waals surface area (Å²) in [7, 11) is 0. The second-order valence-electron chi connectivity index (χ2n) is 8.02. The Morgan fingerprint density at radius 3 is 2.31 bits per heavy atom. The summed E-state index contributed by atoms with van der Waals surface area (Å²) in [5.41, 5.74) is 3.18. The van der Waals surface area contributed by atoms with Gasteiger partial charge in [-0.05, 0) is 53.1 Å². The Hall–Kier alpha value is -3.55. The van der Waals surface area contributed by atoms with Crippen LogP contribution in [0.25, 0.3) is 12.2 Å². The van der Waals surface area contributed by atoms with Crippen molar-refractivity contribution in [1.82, 2.24) is 4.90 Å². The third kappa shape index (κ3) is 6.53. The number of hydrogen-bond acceptors (Lipinski definition) is 4. The Kier molecular flexibility index (Phi) is 7.90. The van der Waals surface area contributed by atoms with Crippen molar-refractivity contribution in [3.8, 4) is 0 Å². The number of carbonyl (C=O) groups is 2. The lowest BCUT2D eigenvalue weighted by Crippen LogP contribution is -2.42. The van der Waals surface area contributed by atoms with Gasteiger partial charge < -0.3 is 10.0 Å². The van der Waals surface area contributed by atoms with Gasteiger partial charge in [-0.25, -0.2) is 9.18 Å². The first-order chi connectivity index (χ1) is 16.9. The third-order valence-corrected chi connectivity index (χ3v) is 6.94. The van der Waals surface area contributed by atoms with E-state index in [1.807, 2.05) is 60.7 Å². The highest BCUT2D eigenvalue weighted by molar-refractivity contribution is 8.25. The zero-order valence-electron chi connectivity index (χ0n) is 18.6. The fourth-order valence-corrected chi connectivity index (χ4v) is 5.13. The van der Waals surface area contributed by atoms with Gasteiger partial charge in [0, 0.05) is 16.9 Å². The minimum Gasteiger partial charge on any atom is -0.480 e. The maximum atomic E-state index is 13.0. The maximum Gasteiger partial charge on any atom is 0.326 e. The van der Waals surface area contributed by atoms with Crippen LogP contribution in [-0.2, 0) is 11.2 Å². The fraction of sp³-hybridized carbons (Fsp3) is 0.107. The first kappa shape index (κ1) is 24.6. The van der Waals surface area contributed by atoms with E-state index in [-0.39, 0.29) is 11.6 Å². The molecule has 0 amide bonds. The zero-order valence-corrected chi connectivity index (χ0v) is 20.3. The molecule has 0 spiro atoms. The summed E-state index contributed by atoms with van der Waals surface area (Å²) in [4.78, 5) is 26.9. The van der Waals surface area contributed by atoms with Gasteiger partial charge in [0.1, 0.15) is 16.2 Å². The van der Waals surface area contributed by atoms with Crippen LogP contribution in [0.1, 0.15) is 27.0 Å². The molecule has 35 heavy (non-hydrogen) atoms. The molecule has 1 fully saturated rings. The van der Waals surface area contributed by atoms with Crippen LogP contribution in [-0.4, -0.2) is 38.7 Å². The van der Waals surface area contributed by atoms with E-state index in [1.54, 1.807) is 11.0 Å². The van der Waals surface area contributed by atoms with Crippen molar-refractivity contribution >= 4 is 52.2 Å². The molecule has 3 aromatic carbocycles. The van der Waals surface area contributed by atoms with Crippen molar-refractivity contribution < 1.29 is 19.1 Å². The van der Waals surface area contributed by atoms with E-state index in [2.05, 4.69) is 0 Å². The van der Waals surface area contributed by atoms with E-state index < -0.39 is 12.0 Å². The van der Waals surface area contributed by atoms with Crippen molar-refractivity contribution in [2.75, 3.05) is 6.54 Å². The number of aliphatic carboxylic acids is 1. The molecule has 0 radical (unpaired) electrons. The molecular formula is C28H22FNO3S2. The number of thioether (sulfide) groups is 1. The van der Waals surface area contributed by atoms with Crippen LogP contribution in [0, 0.1) is 5.82 Å². The predicted octanol–water partition coefficient (Wildman–Crippen LogP) is 6.09. The number of ketones is 1. The number of thiocarbonyl (C=S) groups is 1. The van der Waals surface area contributed by atoms with Crippen LogP contribution in [0.5, 0.6) is 0 Å². The summed E-state index contributed by atoms with van der Waals surface area (Å²) in [5.74, 6) is -1.48. The monoisotopic (exact) mass is 503 g/mol. The molecule has 0 aromatic heterocycles. The molecular weight excluding hydrogens is 481 g/mol. The van der Waals surface area contributed by atoms with Crippen molar-refractivity contribution in [2.45, 2.75) is 12.5 Å².